The number of aromatic nitrogens is 3. The van der Waals surface area contributed by atoms with Crippen LogP contribution in [0.2, 0.25) is 0 Å². The lowest BCUT2D eigenvalue weighted by molar-refractivity contribution is -0.143. The molecule has 0 aliphatic rings. The van der Waals surface area contributed by atoms with Crippen LogP contribution in [-0.2, 0) is 22.6 Å². The number of rotatable bonds is 10. The molecule has 0 radical (unpaired) electrons. The highest BCUT2D eigenvalue weighted by Crippen LogP contribution is 2.28. The average Bonchev–Trinajstić information content (AvgIpc) is 3.37. The van der Waals surface area contributed by atoms with E-state index in [0.717, 1.165) is 39.3 Å². The molecular weight excluding hydrogens is 488 g/mol. The van der Waals surface area contributed by atoms with Crippen molar-refractivity contribution in [2.75, 3.05) is 6.61 Å². The average molecular weight is 521 g/mol. The maximum Gasteiger partial charge on any atom is 0.307 e. The molecule has 2 aromatic carbocycles. The van der Waals surface area contributed by atoms with Crippen molar-refractivity contribution in [3.05, 3.63) is 83.3 Å². The van der Waals surface area contributed by atoms with Crippen LogP contribution < -0.4 is 4.74 Å². The van der Waals surface area contributed by atoms with Crippen molar-refractivity contribution in [3.8, 4) is 34.8 Å². The normalized spacial score (nSPS) is 11.5. The summed E-state index contributed by atoms with van der Waals surface area (Å²) in [6, 6.07) is 19.9. The van der Waals surface area contributed by atoms with Gasteiger partial charge in [-0.2, -0.15) is 10.4 Å². The molecule has 2 aromatic heterocycles. The van der Waals surface area contributed by atoms with Gasteiger partial charge in [0.05, 0.1) is 31.4 Å². The van der Waals surface area contributed by atoms with E-state index >= 15 is 0 Å². The number of nitriles is 1. The van der Waals surface area contributed by atoms with Crippen molar-refractivity contribution < 1.29 is 14.3 Å². The van der Waals surface area contributed by atoms with E-state index in [1.54, 1.807) is 13.8 Å². The van der Waals surface area contributed by atoms with Crippen LogP contribution in [0, 0.1) is 23.2 Å². The Morgan fingerprint density at radius 3 is 2.59 bits per heavy atom. The summed E-state index contributed by atoms with van der Waals surface area (Å²) >= 11 is 0. The third-order valence-corrected chi connectivity index (χ3v) is 6.23. The second-order valence-corrected chi connectivity index (χ2v) is 9.50. The van der Waals surface area contributed by atoms with Gasteiger partial charge in [0, 0.05) is 23.2 Å². The molecule has 0 aliphatic carbocycles. The Morgan fingerprint density at radius 1 is 1.10 bits per heavy atom. The van der Waals surface area contributed by atoms with Gasteiger partial charge in [-0.25, -0.2) is 9.50 Å². The predicted octanol–water partition coefficient (Wildman–Crippen LogP) is 6.22. The van der Waals surface area contributed by atoms with Crippen LogP contribution in [0.1, 0.15) is 68.5 Å². The smallest absolute Gasteiger partial charge is 0.307 e. The lowest BCUT2D eigenvalue weighted by Crippen LogP contribution is -2.09. The summed E-state index contributed by atoms with van der Waals surface area (Å²) in [5, 5.41) is 13.9. The first-order valence-electron chi connectivity index (χ1n) is 13.1. The number of pyridine rings is 1. The molecule has 0 fully saturated rings. The molecule has 0 spiro atoms. The maximum absolute atomic E-state index is 12.0. The van der Waals surface area contributed by atoms with Crippen molar-refractivity contribution in [1.29, 1.82) is 5.26 Å². The van der Waals surface area contributed by atoms with Gasteiger partial charge in [-0.3, -0.25) is 4.79 Å². The number of hydrogen-bond donors (Lipinski definition) is 0. The number of carbonyl (C=O) groups is 1. The molecule has 198 valence electrons. The molecule has 0 aliphatic heterocycles. The monoisotopic (exact) mass is 520 g/mol. The summed E-state index contributed by atoms with van der Waals surface area (Å²) in [6.45, 7) is 8.38. The Balaban J connectivity index is 1.59. The first-order valence-corrected chi connectivity index (χ1v) is 13.1. The van der Waals surface area contributed by atoms with Crippen molar-refractivity contribution in [2.24, 2.45) is 0 Å². The van der Waals surface area contributed by atoms with Crippen LogP contribution in [0.25, 0.3) is 16.8 Å². The van der Waals surface area contributed by atoms with Gasteiger partial charge >= 0.3 is 5.97 Å². The molecule has 0 saturated carbocycles. The van der Waals surface area contributed by atoms with Gasteiger partial charge < -0.3 is 9.47 Å². The van der Waals surface area contributed by atoms with Crippen molar-refractivity contribution in [3.63, 3.8) is 0 Å². The van der Waals surface area contributed by atoms with Crippen LogP contribution >= 0.6 is 0 Å². The molecule has 0 saturated heterocycles. The number of hydrogen-bond acceptors (Lipinski definition) is 6. The second kappa shape index (κ2) is 12.8. The van der Waals surface area contributed by atoms with E-state index in [4.69, 9.17) is 24.8 Å². The zero-order valence-electron chi connectivity index (χ0n) is 22.8. The number of fused-ring (bicyclic) bond motifs is 1. The summed E-state index contributed by atoms with van der Waals surface area (Å²) in [7, 11) is 0. The van der Waals surface area contributed by atoms with Gasteiger partial charge in [0.1, 0.15) is 12.4 Å². The third kappa shape index (κ3) is 6.83. The summed E-state index contributed by atoms with van der Waals surface area (Å²) in [4.78, 5) is 16.8. The highest BCUT2D eigenvalue weighted by Gasteiger charge is 2.16. The number of benzene rings is 2. The number of ether oxygens (including phenoxy) is 2. The molecule has 0 N–H and O–H groups in total. The molecule has 0 bridgehead atoms. The molecule has 7 heteroatoms. The van der Waals surface area contributed by atoms with Gasteiger partial charge in [-0.15, -0.1) is 5.92 Å². The number of esters is 1. The zero-order chi connectivity index (χ0) is 27.8. The fourth-order valence-electron chi connectivity index (χ4n) is 4.31. The summed E-state index contributed by atoms with van der Waals surface area (Å²) in [6.07, 6.45) is 2.50. The Hall–Kier alpha value is -4.62. The van der Waals surface area contributed by atoms with Gasteiger partial charge in [0.25, 0.3) is 0 Å². The molecule has 39 heavy (non-hydrogen) atoms. The topological polar surface area (TPSA) is 89.5 Å². The molecule has 2 heterocycles. The van der Waals surface area contributed by atoms with Crippen molar-refractivity contribution >= 4 is 11.6 Å². The molecule has 1 atom stereocenters. The fourth-order valence-corrected chi connectivity index (χ4v) is 4.31. The zero-order valence-corrected chi connectivity index (χ0v) is 22.8. The fraction of sp³-hybridized carbons (Fsp3) is 0.312. The largest absolute Gasteiger partial charge is 0.489 e. The lowest BCUT2D eigenvalue weighted by Gasteiger charge is -2.13. The first kappa shape index (κ1) is 27.4. The van der Waals surface area contributed by atoms with Gasteiger partial charge in [-0.1, -0.05) is 50.1 Å². The third-order valence-electron chi connectivity index (χ3n) is 6.23. The highest BCUT2D eigenvalue weighted by molar-refractivity contribution is 5.78. The van der Waals surface area contributed by atoms with E-state index in [1.165, 1.54) is 0 Å². The minimum atomic E-state index is -0.260. The van der Waals surface area contributed by atoms with Crippen molar-refractivity contribution in [1.82, 2.24) is 14.6 Å². The van der Waals surface area contributed by atoms with Gasteiger partial charge in [0.15, 0.2) is 11.5 Å². The van der Waals surface area contributed by atoms with Crippen LogP contribution in [0.5, 0.6) is 5.75 Å². The van der Waals surface area contributed by atoms with E-state index in [9.17, 15) is 4.79 Å². The maximum atomic E-state index is 12.0. The number of nitrogens with zero attached hydrogens (tertiary/aromatic N) is 4. The molecule has 7 nitrogen and oxygen atoms in total. The molecule has 4 aromatic rings. The first-order chi connectivity index (χ1) is 18.9. The SMILES string of the molecule is CC#C[C@@H](CC(=O)OCC)c1ccc(OCc2cc(-c3cccc(CC#N)c3)c3nc(C(C)C)nn3c2)cc1. The Bertz CT molecular complexity index is 1550. The van der Waals surface area contributed by atoms with E-state index in [2.05, 4.69) is 37.8 Å². The number of carbonyl (C=O) groups excluding carboxylic acids is 1. The van der Waals surface area contributed by atoms with E-state index < -0.39 is 0 Å². The van der Waals surface area contributed by atoms with Crippen LogP contribution in [-0.4, -0.2) is 27.2 Å². The van der Waals surface area contributed by atoms with E-state index in [-0.39, 0.29) is 24.2 Å². The molecule has 4 rings (SSSR count). The standard InChI is InChI=1S/C32H32N4O3/c1-5-8-26(19-30(37)38-6-2)25-11-13-28(14-12-25)39-21-24-18-29(27-10-7-9-23(17-27)15-16-33)32-34-31(22(3)4)35-36(32)20-24/h7,9-14,17-18,20,22,26H,6,15,19,21H2,1-4H3/t26-/m0/s1. The van der Waals surface area contributed by atoms with Gasteiger partial charge in [-0.05, 0) is 54.8 Å². The Kier molecular flexibility index (Phi) is 8.97. The van der Waals surface area contributed by atoms with E-state index in [0.29, 0.717) is 25.4 Å². The van der Waals surface area contributed by atoms with Crippen LogP contribution in [0.3, 0.4) is 0 Å². The lowest BCUT2D eigenvalue weighted by atomic mass is 9.96. The molecule has 0 unspecified atom stereocenters. The minimum Gasteiger partial charge on any atom is -0.489 e. The Morgan fingerprint density at radius 2 is 1.90 bits per heavy atom. The molecular formula is C32H32N4O3. The summed E-state index contributed by atoms with van der Waals surface area (Å²) < 4.78 is 13.0. The summed E-state index contributed by atoms with van der Waals surface area (Å²) in [5.41, 5.74) is 5.51. The predicted molar refractivity (Wildman–Crippen MR) is 150 cm³/mol. The quantitative estimate of drug-likeness (QED) is 0.182. The van der Waals surface area contributed by atoms with Crippen LogP contribution in [0.15, 0.2) is 60.8 Å². The van der Waals surface area contributed by atoms with E-state index in [1.807, 2.05) is 59.2 Å². The summed E-state index contributed by atoms with van der Waals surface area (Å²) in [5.74, 6) is 7.18. The van der Waals surface area contributed by atoms with Gasteiger partial charge in [0.2, 0.25) is 0 Å². The second-order valence-electron chi connectivity index (χ2n) is 9.50. The Labute approximate surface area is 229 Å². The van der Waals surface area contributed by atoms with Crippen LogP contribution in [0.4, 0.5) is 0 Å². The highest BCUT2D eigenvalue weighted by atomic mass is 16.5. The van der Waals surface area contributed by atoms with Crippen molar-refractivity contribution in [2.45, 2.75) is 59.0 Å². The molecule has 0 amide bonds. The minimum absolute atomic E-state index is 0.186.